The van der Waals surface area contributed by atoms with Gasteiger partial charge in [-0.05, 0) is 18.6 Å². The van der Waals surface area contributed by atoms with E-state index in [1.54, 1.807) is 23.4 Å². The lowest BCUT2D eigenvalue weighted by molar-refractivity contribution is -0.130. The normalized spacial score (nSPS) is 15.0. The van der Waals surface area contributed by atoms with Crippen LogP contribution in [0.2, 0.25) is 0 Å². The van der Waals surface area contributed by atoms with E-state index in [4.69, 9.17) is 4.74 Å². The van der Waals surface area contributed by atoms with E-state index >= 15 is 0 Å². The van der Waals surface area contributed by atoms with E-state index < -0.39 is 0 Å². The molecule has 0 spiro atoms. The molecule has 0 saturated carbocycles. The van der Waals surface area contributed by atoms with Crippen LogP contribution in [0.5, 0.6) is 5.75 Å². The van der Waals surface area contributed by atoms with Crippen LogP contribution in [-0.4, -0.2) is 40.3 Å². The first kappa shape index (κ1) is 19.5. The van der Waals surface area contributed by atoms with Gasteiger partial charge in [0.2, 0.25) is 5.91 Å². The van der Waals surface area contributed by atoms with Crippen molar-refractivity contribution in [1.82, 2.24) is 9.47 Å². The summed E-state index contributed by atoms with van der Waals surface area (Å²) in [5.74, 6) is 2.18. The topological polar surface area (TPSA) is 51.5 Å². The highest BCUT2D eigenvalue weighted by molar-refractivity contribution is 7.99. The number of carbonyl (C=O) groups is 1. The lowest BCUT2D eigenvalue weighted by Crippen LogP contribution is -2.42. The van der Waals surface area contributed by atoms with Crippen LogP contribution in [-0.2, 0) is 17.6 Å². The molecule has 1 amide bonds. The number of benzene rings is 1. The van der Waals surface area contributed by atoms with Gasteiger partial charge in [0.1, 0.15) is 11.9 Å². The fourth-order valence-electron chi connectivity index (χ4n) is 3.14. The van der Waals surface area contributed by atoms with Gasteiger partial charge < -0.3 is 14.2 Å². The third kappa shape index (κ3) is 5.39. The van der Waals surface area contributed by atoms with Crippen molar-refractivity contribution in [2.75, 3.05) is 18.8 Å². The Morgan fingerprint density at radius 1 is 1.19 bits per heavy atom. The summed E-state index contributed by atoms with van der Waals surface area (Å²) in [6.07, 6.45) is 1.64. The lowest BCUT2D eigenvalue weighted by atomic mass is 10.1. The molecule has 0 aliphatic carbocycles. The van der Waals surface area contributed by atoms with E-state index in [-0.39, 0.29) is 17.6 Å². The number of aryl methyl sites for hydroxylation is 1. The molecule has 0 bridgehead atoms. The molecule has 2 heterocycles. The number of carbonyl (C=O) groups excluding carboxylic acids is 1. The van der Waals surface area contributed by atoms with Gasteiger partial charge in [-0.3, -0.25) is 9.59 Å². The molecule has 144 valence electrons. The van der Waals surface area contributed by atoms with Crippen LogP contribution in [0.15, 0.2) is 47.3 Å². The highest BCUT2D eigenvalue weighted by atomic mass is 32.2. The van der Waals surface area contributed by atoms with Crippen LogP contribution in [0, 0.1) is 6.92 Å². The Balaban J connectivity index is 1.43. The third-order valence-electron chi connectivity index (χ3n) is 4.91. The predicted octanol–water partition coefficient (Wildman–Crippen LogP) is 3.00. The number of hydrogen-bond acceptors (Lipinski definition) is 4. The summed E-state index contributed by atoms with van der Waals surface area (Å²) in [5, 5.41) is 0. The maximum absolute atomic E-state index is 12.4. The number of thioether (sulfide) groups is 1. The molecule has 1 aliphatic heterocycles. The molecule has 1 aromatic carbocycles. The van der Waals surface area contributed by atoms with Crippen molar-refractivity contribution < 1.29 is 9.53 Å². The Morgan fingerprint density at radius 3 is 2.56 bits per heavy atom. The van der Waals surface area contributed by atoms with Crippen molar-refractivity contribution in [2.45, 2.75) is 31.6 Å². The fraction of sp³-hybridized carbons (Fsp3) is 0.429. The van der Waals surface area contributed by atoms with Crippen molar-refractivity contribution >= 4 is 17.7 Å². The molecule has 27 heavy (non-hydrogen) atoms. The zero-order valence-electron chi connectivity index (χ0n) is 15.9. The molecule has 3 rings (SSSR count). The van der Waals surface area contributed by atoms with E-state index in [0.29, 0.717) is 24.6 Å². The molecule has 0 unspecified atom stereocenters. The summed E-state index contributed by atoms with van der Waals surface area (Å²) in [4.78, 5) is 26.2. The van der Waals surface area contributed by atoms with Crippen LogP contribution < -0.4 is 10.3 Å². The van der Waals surface area contributed by atoms with Gasteiger partial charge in [-0.1, -0.05) is 30.3 Å². The number of piperidine rings is 1. The van der Waals surface area contributed by atoms with Crippen LogP contribution >= 0.6 is 11.8 Å². The van der Waals surface area contributed by atoms with E-state index in [1.807, 2.05) is 36.1 Å². The highest BCUT2D eigenvalue weighted by Gasteiger charge is 2.24. The number of ether oxygens (including phenoxy) is 1. The maximum Gasteiger partial charge on any atom is 0.254 e. The minimum absolute atomic E-state index is 0.0533. The number of pyridine rings is 1. The van der Waals surface area contributed by atoms with Gasteiger partial charge in [0.25, 0.3) is 5.56 Å². The predicted molar refractivity (Wildman–Crippen MR) is 109 cm³/mol. The smallest absolute Gasteiger partial charge is 0.254 e. The van der Waals surface area contributed by atoms with E-state index in [0.717, 1.165) is 24.3 Å². The molecule has 5 nitrogen and oxygen atoms in total. The van der Waals surface area contributed by atoms with E-state index in [2.05, 4.69) is 12.1 Å². The van der Waals surface area contributed by atoms with Crippen LogP contribution in [0.4, 0.5) is 0 Å². The Kier molecular flexibility index (Phi) is 6.61. The van der Waals surface area contributed by atoms with E-state index in [1.165, 1.54) is 11.6 Å². The van der Waals surface area contributed by atoms with Gasteiger partial charge >= 0.3 is 0 Å². The molecule has 0 N–H and O–H groups in total. The summed E-state index contributed by atoms with van der Waals surface area (Å²) in [5.41, 5.74) is 2.06. The van der Waals surface area contributed by atoms with E-state index in [9.17, 15) is 9.59 Å². The van der Waals surface area contributed by atoms with Gasteiger partial charge in [0.05, 0.1) is 5.75 Å². The molecule has 6 heteroatoms. The minimum Gasteiger partial charge on any atom is -0.490 e. The van der Waals surface area contributed by atoms with Gasteiger partial charge in [0, 0.05) is 50.5 Å². The second-order valence-corrected chi connectivity index (χ2v) is 7.89. The Labute approximate surface area is 164 Å². The number of hydrogen-bond donors (Lipinski definition) is 0. The number of likely N-dealkylation sites (tertiary alicyclic amines) is 1. The first-order valence-corrected chi connectivity index (χ1v) is 10.4. The highest BCUT2D eigenvalue weighted by Crippen LogP contribution is 2.20. The van der Waals surface area contributed by atoms with Crippen molar-refractivity contribution in [3.63, 3.8) is 0 Å². The Hall–Kier alpha value is -2.21. The summed E-state index contributed by atoms with van der Waals surface area (Å²) < 4.78 is 7.58. The Bertz CT molecular complexity index is 827. The molecule has 1 fully saturated rings. The maximum atomic E-state index is 12.4. The van der Waals surface area contributed by atoms with Crippen molar-refractivity contribution in [3.8, 4) is 5.75 Å². The largest absolute Gasteiger partial charge is 0.490 e. The molecular weight excluding hydrogens is 360 g/mol. The second-order valence-electron chi connectivity index (χ2n) is 6.91. The fourth-order valence-corrected chi connectivity index (χ4v) is 4.03. The molecule has 0 radical (unpaired) electrons. The van der Waals surface area contributed by atoms with Crippen molar-refractivity contribution in [3.05, 3.63) is 64.1 Å². The molecular formula is C21H26N2O3S. The quantitative estimate of drug-likeness (QED) is 0.766. The molecule has 1 aliphatic rings. The second kappa shape index (κ2) is 9.13. The van der Waals surface area contributed by atoms with Gasteiger partial charge in [0.15, 0.2) is 0 Å². The molecule has 1 aromatic heterocycles. The molecule has 2 aromatic rings. The monoisotopic (exact) mass is 386 g/mol. The number of aromatic nitrogens is 1. The molecule has 0 atom stereocenters. The number of rotatable bonds is 6. The SMILES string of the molecule is Cc1cc(OC2CCN(C(=O)CSCc3ccccc3)CC2)cc(=O)n1C. The lowest BCUT2D eigenvalue weighted by Gasteiger charge is -2.32. The standard InChI is InChI=1S/C21H26N2O3S/c1-16-12-19(13-20(24)22(16)2)26-18-8-10-23(11-9-18)21(25)15-27-14-17-6-4-3-5-7-17/h3-7,12-13,18H,8-11,14-15H2,1-2H3. The number of nitrogens with zero attached hydrogens (tertiary/aromatic N) is 2. The molecule has 1 saturated heterocycles. The minimum atomic E-state index is -0.0620. The average Bonchev–Trinajstić information content (AvgIpc) is 2.67. The van der Waals surface area contributed by atoms with Crippen molar-refractivity contribution in [1.29, 1.82) is 0 Å². The zero-order valence-corrected chi connectivity index (χ0v) is 16.7. The third-order valence-corrected chi connectivity index (χ3v) is 5.90. The first-order valence-electron chi connectivity index (χ1n) is 9.26. The summed E-state index contributed by atoms with van der Waals surface area (Å²) in [6.45, 7) is 3.31. The van der Waals surface area contributed by atoms with Crippen LogP contribution in [0.25, 0.3) is 0 Å². The van der Waals surface area contributed by atoms with Gasteiger partial charge in [-0.2, -0.15) is 0 Å². The Morgan fingerprint density at radius 2 is 1.89 bits per heavy atom. The van der Waals surface area contributed by atoms with Gasteiger partial charge in [-0.25, -0.2) is 0 Å². The van der Waals surface area contributed by atoms with Crippen LogP contribution in [0.1, 0.15) is 24.1 Å². The summed E-state index contributed by atoms with van der Waals surface area (Å²) >= 11 is 1.66. The average molecular weight is 387 g/mol. The zero-order chi connectivity index (χ0) is 19.2. The summed E-state index contributed by atoms with van der Waals surface area (Å²) in [7, 11) is 1.75. The van der Waals surface area contributed by atoms with Crippen molar-refractivity contribution in [2.24, 2.45) is 7.05 Å². The first-order chi connectivity index (χ1) is 13.0. The summed E-state index contributed by atoms with van der Waals surface area (Å²) in [6, 6.07) is 13.6. The number of amides is 1. The van der Waals surface area contributed by atoms with Crippen LogP contribution in [0.3, 0.4) is 0 Å². The van der Waals surface area contributed by atoms with Gasteiger partial charge in [-0.15, -0.1) is 11.8 Å².